The van der Waals surface area contributed by atoms with Crippen molar-refractivity contribution >= 4 is 11.6 Å². The summed E-state index contributed by atoms with van der Waals surface area (Å²) in [4.78, 5) is 13.2. The Kier molecular flexibility index (Phi) is 2.72. The van der Waals surface area contributed by atoms with Crippen LogP contribution in [-0.4, -0.2) is 29.8 Å². The summed E-state index contributed by atoms with van der Waals surface area (Å²) < 4.78 is 5.39. The highest BCUT2D eigenvalue weighted by Crippen LogP contribution is 2.35. The van der Waals surface area contributed by atoms with Gasteiger partial charge >= 0.3 is 0 Å². The van der Waals surface area contributed by atoms with Gasteiger partial charge < -0.3 is 15.4 Å². The first-order chi connectivity index (χ1) is 9.20. The van der Waals surface area contributed by atoms with Crippen molar-refractivity contribution in [2.24, 2.45) is 5.73 Å². The van der Waals surface area contributed by atoms with Crippen molar-refractivity contribution in [1.82, 2.24) is 10.2 Å². The maximum absolute atomic E-state index is 11.6. The normalized spacial score (nSPS) is 14.2. The van der Waals surface area contributed by atoms with E-state index in [1.54, 1.807) is 18.1 Å². The number of carbonyl (C=O) groups is 1. The first kappa shape index (κ1) is 11.7. The average Bonchev–Trinajstić information content (AvgIpc) is 2.91. The molecular weight excluding hydrogens is 244 g/mol. The van der Waals surface area contributed by atoms with Crippen LogP contribution in [0.15, 0.2) is 24.4 Å². The number of carbonyl (C=O) groups excluding carboxylic acids is 1. The lowest BCUT2D eigenvalue weighted by Crippen LogP contribution is -2.35. The summed E-state index contributed by atoms with van der Waals surface area (Å²) in [7, 11) is 1.74. The van der Waals surface area contributed by atoms with Gasteiger partial charge in [0.1, 0.15) is 5.75 Å². The van der Waals surface area contributed by atoms with E-state index in [1.165, 1.54) is 0 Å². The van der Waals surface area contributed by atoms with Crippen molar-refractivity contribution in [3.8, 4) is 17.0 Å². The number of benzene rings is 1. The van der Waals surface area contributed by atoms with Gasteiger partial charge in [0.05, 0.1) is 17.6 Å². The first-order valence-electron chi connectivity index (χ1n) is 5.97. The molecule has 2 heterocycles. The molecule has 1 aromatic heterocycles. The first-order valence-corrected chi connectivity index (χ1v) is 5.97. The molecule has 1 aliphatic rings. The van der Waals surface area contributed by atoms with Crippen LogP contribution in [0.5, 0.6) is 5.75 Å². The van der Waals surface area contributed by atoms with Gasteiger partial charge in [0.25, 0.3) is 5.91 Å². The van der Waals surface area contributed by atoms with Crippen LogP contribution in [0.25, 0.3) is 11.3 Å². The molecule has 0 saturated heterocycles. The number of H-pyrrole nitrogens is 1. The molecule has 0 saturated carbocycles. The number of aromatic nitrogens is 2. The van der Waals surface area contributed by atoms with Gasteiger partial charge in [-0.1, -0.05) is 0 Å². The van der Waals surface area contributed by atoms with Crippen LogP contribution in [0, 0.1) is 0 Å². The van der Waals surface area contributed by atoms with Crippen molar-refractivity contribution in [3.05, 3.63) is 30.0 Å². The molecule has 0 atom stereocenters. The van der Waals surface area contributed by atoms with E-state index in [9.17, 15) is 4.79 Å². The summed E-state index contributed by atoms with van der Waals surface area (Å²) in [6.07, 6.45) is 1.71. The lowest BCUT2D eigenvalue weighted by Gasteiger charge is -2.26. The van der Waals surface area contributed by atoms with Crippen molar-refractivity contribution in [3.63, 3.8) is 0 Å². The predicted octanol–water partition coefficient (Wildman–Crippen LogP) is 0.891. The number of rotatable bonds is 2. The Morgan fingerprint density at radius 1 is 1.53 bits per heavy atom. The Hall–Kier alpha value is -2.34. The molecule has 0 bridgehead atoms. The largest absolute Gasteiger partial charge is 0.482 e. The Labute approximate surface area is 110 Å². The van der Waals surface area contributed by atoms with E-state index in [-0.39, 0.29) is 12.5 Å². The zero-order valence-electron chi connectivity index (χ0n) is 10.5. The molecule has 0 aliphatic carbocycles. The number of nitrogens with two attached hydrogens (primary N) is 1. The maximum atomic E-state index is 11.6. The topological polar surface area (TPSA) is 84.2 Å². The molecule has 0 radical (unpaired) electrons. The van der Waals surface area contributed by atoms with E-state index in [2.05, 4.69) is 10.2 Å². The van der Waals surface area contributed by atoms with E-state index in [4.69, 9.17) is 10.5 Å². The number of likely N-dealkylation sites (N-methyl/N-ethyl adjacent to an activating group) is 1. The van der Waals surface area contributed by atoms with Crippen LogP contribution in [0.2, 0.25) is 0 Å². The smallest absolute Gasteiger partial charge is 0.264 e. The third-order valence-corrected chi connectivity index (χ3v) is 3.27. The van der Waals surface area contributed by atoms with Crippen LogP contribution >= 0.6 is 0 Å². The van der Waals surface area contributed by atoms with Crippen molar-refractivity contribution < 1.29 is 9.53 Å². The number of hydrogen-bond acceptors (Lipinski definition) is 4. The molecular formula is C13H14N4O2. The quantitative estimate of drug-likeness (QED) is 0.837. The fourth-order valence-electron chi connectivity index (χ4n) is 2.14. The third-order valence-electron chi connectivity index (χ3n) is 3.27. The minimum absolute atomic E-state index is 0.0618. The molecule has 1 aromatic carbocycles. The Morgan fingerprint density at radius 2 is 2.37 bits per heavy atom. The second kappa shape index (κ2) is 4.40. The van der Waals surface area contributed by atoms with Crippen LogP contribution in [-0.2, 0) is 11.3 Å². The Bertz CT molecular complexity index is 635. The number of anilines is 1. The summed E-state index contributed by atoms with van der Waals surface area (Å²) in [6, 6.07) is 5.68. The van der Waals surface area contributed by atoms with Gasteiger partial charge in [0.15, 0.2) is 6.61 Å². The monoisotopic (exact) mass is 258 g/mol. The van der Waals surface area contributed by atoms with Gasteiger partial charge in [-0.15, -0.1) is 0 Å². The Morgan fingerprint density at radius 3 is 3.16 bits per heavy atom. The summed E-state index contributed by atoms with van der Waals surface area (Å²) in [6.45, 7) is 0.495. The highest BCUT2D eigenvalue weighted by atomic mass is 16.5. The summed E-state index contributed by atoms with van der Waals surface area (Å²) in [5, 5.41) is 6.93. The summed E-state index contributed by atoms with van der Waals surface area (Å²) in [5.41, 5.74) is 9.17. The molecule has 0 unspecified atom stereocenters. The van der Waals surface area contributed by atoms with Gasteiger partial charge in [0, 0.05) is 24.7 Å². The van der Waals surface area contributed by atoms with Crippen LogP contribution in [0.1, 0.15) is 5.56 Å². The van der Waals surface area contributed by atoms with Gasteiger partial charge in [-0.2, -0.15) is 5.10 Å². The summed E-state index contributed by atoms with van der Waals surface area (Å²) >= 11 is 0. The van der Waals surface area contributed by atoms with E-state index >= 15 is 0 Å². The molecule has 1 aliphatic heterocycles. The van der Waals surface area contributed by atoms with E-state index < -0.39 is 0 Å². The molecule has 3 rings (SSSR count). The van der Waals surface area contributed by atoms with Gasteiger partial charge in [-0.3, -0.25) is 9.89 Å². The molecule has 98 valence electrons. The van der Waals surface area contributed by atoms with Gasteiger partial charge in [-0.25, -0.2) is 0 Å². The third kappa shape index (κ3) is 1.86. The van der Waals surface area contributed by atoms with Gasteiger partial charge in [-0.05, 0) is 18.2 Å². The Balaban J connectivity index is 2.08. The molecule has 2 aromatic rings. The average molecular weight is 258 g/mol. The highest BCUT2D eigenvalue weighted by molar-refractivity contribution is 5.98. The van der Waals surface area contributed by atoms with Crippen LogP contribution in [0.4, 0.5) is 5.69 Å². The van der Waals surface area contributed by atoms with E-state index in [1.807, 2.05) is 18.2 Å². The number of nitrogens with one attached hydrogen (secondary N) is 1. The van der Waals surface area contributed by atoms with E-state index in [0.29, 0.717) is 12.3 Å². The number of nitrogens with zero attached hydrogens (tertiary/aromatic N) is 2. The summed E-state index contributed by atoms with van der Waals surface area (Å²) in [5.74, 6) is 0.646. The van der Waals surface area contributed by atoms with Crippen molar-refractivity contribution in [2.45, 2.75) is 6.54 Å². The minimum atomic E-state index is -0.0618. The lowest BCUT2D eigenvalue weighted by atomic mass is 10.1. The molecule has 1 amide bonds. The second-order valence-electron chi connectivity index (χ2n) is 4.40. The zero-order chi connectivity index (χ0) is 13.4. The molecule has 3 N–H and O–H groups in total. The molecule has 0 spiro atoms. The molecule has 6 nitrogen and oxygen atoms in total. The van der Waals surface area contributed by atoms with Crippen LogP contribution in [0.3, 0.4) is 0 Å². The fourth-order valence-corrected chi connectivity index (χ4v) is 2.14. The number of fused-ring (bicyclic) bond motifs is 1. The lowest BCUT2D eigenvalue weighted by molar-refractivity contribution is -0.120. The zero-order valence-corrected chi connectivity index (χ0v) is 10.5. The maximum Gasteiger partial charge on any atom is 0.264 e. The van der Waals surface area contributed by atoms with Crippen molar-refractivity contribution in [2.75, 3.05) is 18.6 Å². The van der Waals surface area contributed by atoms with Crippen molar-refractivity contribution in [1.29, 1.82) is 0 Å². The molecule has 19 heavy (non-hydrogen) atoms. The highest BCUT2D eigenvalue weighted by Gasteiger charge is 2.23. The SMILES string of the molecule is CN1C(=O)COc2ccc(-c3[nH]ncc3CN)cc21. The molecule has 0 fully saturated rings. The number of amides is 1. The predicted molar refractivity (Wildman–Crippen MR) is 70.8 cm³/mol. The second-order valence-corrected chi connectivity index (χ2v) is 4.40. The van der Waals surface area contributed by atoms with Crippen LogP contribution < -0.4 is 15.4 Å². The number of hydrogen-bond donors (Lipinski definition) is 2. The van der Waals surface area contributed by atoms with E-state index in [0.717, 1.165) is 22.5 Å². The number of aromatic amines is 1. The standard InChI is InChI=1S/C13H14N4O2/c1-17-10-4-8(13-9(5-14)6-15-16-13)2-3-11(10)19-7-12(17)18/h2-4,6H,5,7,14H2,1H3,(H,15,16). The minimum Gasteiger partial charge on any atom is -0.482 e. The molecule has 6 heteroatoms. The fraction of sp³-hybridized carbons (Fsp3) is 0.231. The number of ether oxygens (including phenoxy) is 1. The van der Waals surface area contributed by atoms with Gasteiger partial charge in [0.2, 0.25) is 0 Å².